The third kappa shape index (κ3) is 4.55. The minimum absolute atomic E-state index is 0.181. The van der Waals surface area contributed by atoms with E-state index in [1.165, 1.54) is 17.4 Å². The van der Waals surface area contributed by atoms with Crippen molar-refractivity contribution in [3.05, 3.63) is 63.9 Å². The van der Waals surface area contributed by atoms with Crippen molar-refractivity contribution in [2.24, 2.45) is 0 Å². The molecule has 110 valence electrons. The number of aryl methyl sites for hydroxylation is 1. The van der Waals surface area contributed by atoms with Crippen LogP contribution in [0.1, 0.15) is 23.6 Å². The number of amides is 1. The minimum Gasteiger partial charge on any atom is -0.384 e. The smallest absolute Gasteiger partial charge is 0.244 e. The number of hydrogen-bond donors (Lipinski definition) is 2. The Hall–Kier alpha value is -1.91. The van der Waals surface area contributed by atoms with Gasteiger partial charge in [-0.3, -0.25) is 4.79 Å². The number of thiophene rings is 1. The number of nitrogens with one attached hydrogen (secondary N) is 1. The molecule has 2 aromatic rings. The van der Waals surface area contributed by atoms with Gasteiger partial charge in [-0.05, 0) is 47.9 Å². The van der Waals surface area contributed by atoms with Crippen LogP contribution in [0.4, 0.5) is 0 Å². The third-order valence-electron chi connectivity index (χ3n) is 3.22. The number of benzene rings is 1. The maximum Gasteiger partial charge on any atom is 0.244 e. The molecule has 1 unspecified atom stereocenters. The van der Waals surface area contributed by atoms with Crippen LogP contribution in [0.3, 0.4) is 0 Å². The summed E-state index contributed by atoms with van der Waals surface area (Å²) in [6.07, 6.45) is 3.25. The van der Waals surface area contributed by atoms with Gasteiger partial charge in [0.15, 0.2) is 0 Å². The molecule has 2 rings (SSSR count). The molecule has 0 radical (unpaired) electrons. The molecule has 0 spiro atoms. The van der Waals surface area contributed by atoms with Crippen molar-refractivity contribution < 1.29 is 9.90 Å². The van der Waals surface area contributed by atoms with E-state index in [1.54, 1.807) is 13.0 Å². The fraction of sp³-hybridized carbons (Fsp3) is 0.235. The lowest BCUT2D eigenvalue weighted by Crippen LogP contribution is -2.37. The Bertz CT molecular complexity index is 630. The predicted molar refractivity (Wildman–Crippen MR) is 87.1 cm³/mol. The molecule has 4 heteroatoms. The Morgan fingerprint density at radius 2 is 2.24 bits per heavy atom. The molecule has 1 heterocycles. The Balaban J connectivity index is 1.90. The van der Waals surface area contributed by atoms with E-state index in [4.69, 9.17) is 0 Å². The fourth-order valence-electron chi connectivity index (χ4n) is 1.94. The van der Waals surface area contributed by atoms with Crippen molar-refractivity contribution in [2.75, 3.05) is 6.54 Å². The zero-order valence-electron chi connectivity index (χ0n) is 12.2. The van der Waals surface area contributed by atoms with E-state index in [0.29, 0.717) is 0 Å². The van der Waals surface area contributed by atoms with Crippen molar-refractivity contribution in [1.82, 2.24) is 5.32 Å². The van der Waals surface area contributed by atoms with Crippen molar-refractivity contribution in [3.63, 3.8) is 0 Å². The first-order valence-corrected chi connectivity index (χ1v) is 7.69. The molecule has 0 aliphatic rings. The van der Waals surface area contributed by atoms with E-state index in [1.807, 2.05) is 48.0 Å². The summed E-state index contributed by atoms with van der Waals surface area (Å²) in [5.74, 6) is -0.216. The number of hydrogen-bond acceptors (Lipinski definition) is 3. The Labute approximate surface area is 128 Å². The summed E-state index contributed by atoms with van der Waals surface area (Å²) in [5, 5.41) is 16.8. The lowest BCUT2D eigenvalue weighted by molar-refractivity contribution is -0.117. The molecule has 0 aliphatic heterocycles. The number of aliphatic hydroxyl groups is 1. The second-order valence-electron chi connectivity index (χ2n) is 5.25. The van der Waals surface area contributed by atoms with Gasteiger partial charge in [-0.1, -0.05) is 29.8 Å². The van der Waals surface area contributed by atoms with Crippen molar-refractivity contribution in [2.45, 2.75) is 19.4 Å². The molecule has 1 amide bonds. The van der Waals surface area contributed by atoms with Gasteiger partial charge < -0.3 is 10.4 Å². The lowest BCUT2D eigenvalue weighted by Gasteiger charge is -2.22. The molecule has 21 heavy (non-hydrogen) atoms. The van der Waals surface area contributed by atoms with Crippen LogP contribution in [0.25, 0.3) is 6.08 Å². The first-order chi connectivity index (χ1) is 9.97. The fourth-order valence-corrected chi connectivity index (χ4v) is 2.72. The molecule has 0 saturated heterocycles. The van der Waals surface area contributed by atoms with E-state index in [-0.39, 0.29) is 12.5 Å². The highest BCUT2D eigenvalue weighted by Crippen LogP contribution is 2.21. The van der Waals surface area contributed by atoms with Crippen LogP contribution in [-0.2, 0) is 10.4 Å². The monoisotopic (exact) mass is 301 g/mol. The molecule has 0 aliphatic carbocycles. The Kier molecular flexibility index (Phi) is 4.94. The molecule has 0 fully saturated rings. The van der Waals surface area contributed by atoms with Crippen LogP contribution in [0.2, 0.25) is 0 Å². The van der Waals surface area contributed by atoms with Crippen molar-refractivity contribution in [1.29, 1.82) is 0 Å². The van der Waals surface area contributed by atoms with Gasteiger partial charge in [0.25, 0.3) is 0 Å². The highest BCUT2D eigenvalue weighted by molar-refractivity contribution is 7.08. The number of rotatable bonds is 5. The van der Waals surface area contributed by atoms with E-state index < -0.39 is 5.60 Å². The van der Waals surface area contributed by atoms with Crippen LogP contribution in [0.15, 0.2) is 47.2 Å². The molecule has 1 aromatic heterocycles. The lowest BCUT2D eigenvalue weighted by atomic mass is 9.99. The van der Waals surface area contributed by atoms with Gasteiger partial charge in [0.2, 0.25) is 5.91 Å². The summed E-state index contributed by atoms with van der Waals surface area (Å²) in [6.45, 7) is 3.88. The van der Waals surface area contributed by atoms with Crippen LogP contribution in [0, 0.1) is 6.92 Å². The summed E-state index contributed by atoms with van der Waals surface area (Å²) in [4.78, 5) is 11.8. The molecular weight excluding hydrogens is 282 g/mol. The van der Waals surface area contributed by atoms with Crippen molar-refractivity contribution in [3.8, 4) is 0 Å². The Morgan fingerprint density at radius 1 is 1.43 bits per heavy atom. The largest absolute Gasteiger partial charge is 0.384 e. The summed E-state index contributed by atoms with van der Waals surface area (Å²) >= 11 is 1.52. The van der Waals surface area contributed by atoms with Crippen LogP contribution in [-0.4, -0.2) is 17.6 Å². The van der Waals surface area contributed by atoms with E-state index in [0.717, 1.165) is 16.7 Å². The third-order valence-corrected chi connectivity index (χ3v) is 3.90. The first kappa shape index (κ1) is 15.5. The second-order valence-corrected chi connectivity index (χ2v) is 6.03. The molecule has 1 aromatic carbocycles. The molecule has 0 saturated carbocycles. The Morgan fingerprint density at radius 3 is 2.90 bits per heavy atom. The van der Waals surface area contributed by atoms with Gasteiger partial charge >= 0.3 is 0 Å². The first-order valence-electron chi connectivity index (χ1n) is 6.75. The van der Waals surface area contributed by atoms with Gasteiger partial charge in [0, 0.05) is 6.08 Å². The van der Waals surface area contributed by atoms with E-state index in [2.05, 4.69) is 5.32 Å². The van der Waals surface area contributed by atoms with Gasteiger partial charge in [-0.25, -0.2) is 0 Å². The molecule has 3 nitrogen and oxygen atoms in total. The van der Waals surface area contributed by atoms with Gasteiger partial charge in [-0.2, -0.15) is 11.3 Å². The normalized spacial score (nSPS) is 14.0. The average Bonchev–Trinajstić information content (AvgIpc) is 2.98. The van der Waals surface area contributed by atoms with Gasteiger partial charge in [0.05, 0.1) is 6.54 Å². The molecule has 0 bridgehead atoms. The summed E-state index contributed by atoms with van der Waals surface area (Å²) < 4.78 is 0. The summed E-state index contributed by atoms with van der Waals surface area (Å²) in [5.41, 5.74) is 1.90. The predicted octanol–water partition coefficient (Wildman–Crippen LogP) is 3.09. The zero-order valence-corrected chi connectivity index (χ0v) is 13.0. The highest BCUT2D eigenvalue weighted by Gasteiger charge is 2.23. The maximum atomic E-state index is 11.8. The van der Waals surface area contributed by atoms with Gasteiger partial charge in [-0.15, -0.1) is 0 Å². The quantitative estimate of drug-likeness (QED) is 0.834. The van der Waals surface area contributed by atoms with E-state index >= 15 is 0 Å². The standard InChI is InChI=1S/C17H19NO2S/c1-13-4-3-5-14(10-13)6-7-16(19)18-12-17(2,20)15-8-9-21-11-15/h3-11,20H,12H2,1-2H3,(H,18,19). The summed E-state index contributed by atoms with van der Waals surface area (Å²) in [7, 11) is 0. The van der Waals surface area contributed by atoms with Crippen LogP contribution < -0.4 is 5.32 Å². The second kappa shape index (κ2) is 6.70. The van der Waals surface area contributed by atoms with Crippen LogP contribution in [0.5, 0.6) is 0 Å². The molecule has 1 atom stereocenters. The number of carbonyl (C=O) groups excluding carboxylic acids is 1. The average molecular weight is 301 g/mol. The summed E-state index contributed by atoms with van der Waals surface area (Å²) in [6, 6.07) is 9.77. The highest BCUT2D eigenvalue weighted by atomic mass is 32.1. The zero-order chi connectivity index (χ0) is 15.3. The van der Waals surface area contributed by atoms with Gasteiger partial charge in [0.1, 0.15) is 5.60 Å². The van der Waals surface area contributed by atoms with E-state index in [9.17, 15) is 9.90 Å². The van der Waals surface area contributed by atoms with Crippen LogP contribution >= 0.6 is 11.3 Å². The molecular formula is C17H19NO2S. The minimum atomic E-state index is -1.05. The number of carbonyl (C=O) groups is 1. The van der Waals surface area contributed by atoms with Crippen molar-refractivity contribution >= 4 is 23.3 Å². The topological polar surface area (TPSA) is 49.3 Å². The molecule has 2 N–H and O–H groups in total. The maximum absolute atomic E-state index is 11.8. The SMILES string of the molecule is Cc1cccc(C=CC(=O)NCC(C)(O)c2ccsc2)c1.